The highest BCUT2D eigenvalue weighted by Crippen LogP contribution is 2.44. The van der Waals surface area contributed by atoms with Crippen LogP contribution in [0.15, 0.2) is 0 Å². The van der Waals surface area contributed by atoms with Crippen molar-refractivity contribution in [2.24, 2.45) is 10.8 Å². The van der Waals surface area contributed by atoms with Gasteiger partial charge in [-0.15, -0.1) is 0 Å². The number of amides is 2. The molecular formula is C15H26N2O4. The van der Waals surface area contributed by atoms with E-state index in [1.54, 1.807) is 20.9 Å². The van der Waals surface area contributed by atoms with E-state index >= 15 is 0 Å². The van der Waals surface area contributed by atoms with Gasteiger partial charge in [-0.05, 0) is 32.1 Å². The van der Waals surface area contributed by atoms with Crippen molar-refractivity contribution in [1.29, 1.82) is 0 Å². The lowest BCUT2D eigenvalue weighted by Crippen LogP contribution is -2.44. The van der Waals surface area contributed by atoms with Crippen LogP contribution < -0.4 is 10.6 Å². The largest absolute Gasteiger partial charge is 0.481 e. The van der Waals surface area contributed by atoms with Gasteiger partial charge >= 0.3 is 5.97 Å². The first-order valence-electron chi connectivity index (χ1n) is 7.41. The number of nitrogens with one attached hydrogen (secondary N) is 2. The number of aliphatic carboxylic acids is 1. The van der Waals surface area contributed by atoms with Gasteiger partial charge in [0.15, 0.2) is 0 Å². The summed E-state index contributed by atoms with van der Waals surface area (Å²) in [6.07, 6.45) is 3.79. The van der Waals surface area contributed by atoms with Gasteiger partial charge in [0.1, 0.15) is 0 Å². The zero-order valence-corrected chi connectivity index (χ0v) is 13.1. The minimum Gasteiger partial charge on any atom is -0.481 e. The van der Waals surface area contributed by atoms with Gasteiger partial charge in [0.2, 0.25) is 11.8 Å². The summed E-state index contributed by atoms with van der Waals surface area (Å²) in [5.41, 5.74) is -1.09. The Balaban J connectivity index is 2.55. The zero-order chi connectivity index (χ0) is 16.1. The maximum absolute atomic E-state index is 12.1. The van der Waals surface area contributed by atoms with Crippen LogP contribution in [-0.4, -0.2) is 36.5 Å². The maximum atomic E-state index is 12.1. The van der Waals surface area contributed by atoms with Gasteiger partial charge in [-0.3, -0.25) is 14.4 Å². The summed E-state index contributed by atoms with van der Waals surface area (Å²) in [7, 11) is 1.56. The van der Waals surface area contributed by atoms with Crippen molar-refractivity contribution >= 4 is 17.8 Å². The molecule has 0 radical (unpaired) electrons. The molecule has 21 heavy (non-hydrogen) atoms. The Hall–Kier alpha value is -1.59. The molecule has 120 valence electrons. The summed E-state index contributed by atoms with van der Waals surface area (Å²) in [5, 5.41) is 14.4. The summed E-state index contributed by atoms with van der Waals surface area (Å²) < 4.78 is 0. The van der Waals surface area contributed by atoms with Gasteiger partial charge < -0.3 is 15.7 Å². The molecule has 1 fully saturated rings. The van der Waals surface area contributed by atoms with E-state index in [1.165, 1.54) is 0 Å². The molecule has 2 amide bonds. The Morgan fingerprint density at radius 2 is 1.71 bits per heavy atom. The van der Waals surface area contributed by atoms with Gasteiger partial charge in [-0.1, -0.05) is 12.8 Å². The molecule has 6 nitrogen and oxygen atoms in total. The first kappa shape index (κ1) is 17.5. The van der Waals surface area contributed by atoms with Crippen molar-refractivity contribution in [3.63, 3.8) is 0 Å². The van der Waals surface area contributed by atoms with E-state index in [2.05, 4.69) is 10.6 Å². The first-order valence-corrected chi connectivity index (χ1v) is 7.41. The number of carbonyl (C=O) groups excluding carboxylic acids is 2. The minimum absolute atomic E-state index is 0.0409. The van der Waals surface area contributed by atoms with Crippen LogP contribution in [0.5, 0.6) is 0 Å². The van der Waals surface area contributed by atoms with E-state index in [0.29, 0.717) is 0 Å². The number of hydrogen-bond donors (Lipinski definition) is 3. The maximum Gasteiger partial charge on any atom is 0.303 e. The Bertz CT molecular complexity index is 412. The molecule has 6 heteroatoms. The molecule has 0 aliphatic heterocycles. The van der Waals surface area contributed by atoms with Crippen LogP contribution in [0.2, 0.25) is 0 Å². The topological polar surface area (TPSA) is 95.5 Å². The average molecular weight is 298 g/mol. The second-order valence-electron chi connectivity index (χ2n) is 6.69. The molecule has 0 unspecified atom stereocenters. The van der Waals surface area contributed by atoms with Crippen LogP contribution in [0, 0.1) is 10.8 Å². The molecule has 1 aliphatic carbocycles. The van der Waals surface area contributed by atoms with Crippen LogP contribution >= 0.6 is 0 Å². The van der Waals surface area contributed by atoms with Crippen LogP contribution in [0.25, 0.3) is 0 Å². The first-order chi connectivity index (χ1) is 9.71. The Morgan fingerprint density at radius 3 is 2.19 bits per heavy atom. The minimum atomic E-state index is -0.851. The van der Waals surface area contributed by atoms with E-state index in [1.807, 2.05) is 0 Å². The smallest absolute Gasteiger partial charge is 0.303 e. The van der Waals surface area contributed by atoms with Crippen LogP contribution in [-0.2, 0) is 14.4 Å². The lowest BCUT2D eigenvalue weighted by molar-refractivity contribution is -0.140. The highest BCUT2D eigenvalue weighted by molar-refractivity contribution is 5.83. The van der Waals surface area contributed by atoms with Crippen molar-refractivity contribution in [3.05, 3.63) is 0 Å². The zero-order valence-electron chi connectivity index (χ0n) is 13.1. The van der Waals surface area contributed by atoms with Gasteiger partial charge in [-0.2, -0.15) is 0 Å². The van der Waals surface area contributed by atoms with Gasteiger partial charge in [-0.25, -0.2) is 0 Å². The molecule has 1 rings (SSSR count). The van der Waals surface area contributed by atoms with E-state index in [4.69, 9.17) is 5.11 Å². The average Bonchev–Trinajstić information content (AvgIpc) is 2.82. The Morgan fingerprint density at radius 1 is 1.14 bits per heavy atom. The van der Waals surface area contributed by atoms with Crippen molar-refractivity contribution < 1.29 is 19.5 Å². The van der Waals surface area contributed by atoms with Crippen molar-refractivity contribution in [2.45, 2.75) is 52.4 Å². The summed E-state index contributed by atoms with van der Waals surface area (Å²) in [6.45, 7) is 3.76. The number of carboxylic acid groups (broad SMARTS) is 1. The fourth-order valence-electron chi connectivity index (χ4n) is 3.00. The van der Waals surface area contributed by atoms with Gasteiger partial charge in [0.05, 0.1) is 11.8 Å². The third kappa shape index (κ3) is 5.02. The Kier molecular flexibility index (Phi) is 5.75. The molecular weight excluding hydrogens is 272 g/mol. The van der Waals surface area contributed by atoms with Crippen molar-refractivity contribution in [1.82, 2.24) is 10.6 Å². The molecule has 0 aromatic carbocycles. The second-order valence-corrected chi connectivity index (χ2v) is 6.69. The molecule has 0 atom stereocenters. The predicted molar refractivity (Wildman–Crippen MR) is 78.6 cm³/mol. The number of carbonyl (C=O) groups is 3. The van der Waals surface area contributed by atoms with E-state index in [0.717, 1.165) is 25.7 Å². The molecule has 0 aromatic heterocycles. The van der Waals surface area contributed by atoms with Crippen molar-refractivity contribution in [2.75, 3.05) is 13.6 Å². The standard InChI is InChI=1S/C15H26N2O4/c1-14(2,13(21)16-3)10-17-11(18)8-15(9-12(19)20)6-4-5-7-15/h4-10H2,1-3H3,(H,16,21)(H,17,18)(H,19,20). The lowest BCUT2D eigenvalue weighted by Gasteiger charge is -2.28. The number of carboxylic acids is 1. The molecule has 3 N–H and O–H groups in total. The highest BCUT2D eigenvalue weighted by Gasteiger charge is 2.38. The fraction of sp³-hybridized carbons (Fsp3) is 0.800. The predicted octanol–water partition coefficient (Wildman–Crippen LogP) is 1.30. The van der Waals surface area contributed by atoms with Crippen molar-refractivity contribution in [3.8, 4) is 0 Å². The SMILES string of the molecule is CNC(=O)C(C)(C)CNC(=O)CC1(CC(=O)O)CCCC1. The fourth-order valence-corrected chi connectivity index (χ4v) is 3.00. The number of hydrogen-bond acceptors (Lipinski definition) is 3. The summed E-state index contributed by atoms with van der Waals surface area (Å²) in [6, 6.07) is 0. The monoisotopic (exact) mass is 298 g/mol. The Labute approximate surface area is 125 Å². The molecule has 1 saturated carbocycles. The third-order valence-corrected chi connectivity index (χ3v) is 4.30. The van der Waals surface area contributed by atoms with E-state index < -0.39 is 16.8 Å². The van der Waals surface area contributed by atoms with E-state index in [-0.39, 0.29) is 31.2 Å². The summed E-state index contributed by atoms with van der Waals surface area (Å²) in [4.78, 5) is 34.8. The van der Waals surface area contributed by atoms with E-state index in [9.17, 15) is 14.4 Å². The van der Waals surface area contributed by atoms with Crippen LogP contribution in [0.3, 0.4) is 0 Å². The molecule has 0 saturated heterocycles. The highest BCUT2D eigenvalue weighted by atomic mass is 16.4. The quantitative estimate of drug-likeness (QED) is 0.660. The molecule has 0 spiro atoms. The number of rotatable bonds is 7. The molecule has 1 aliphatic rings. The van der Waals surface area contributed by atoms with Crippen LogP contribution in [0.1, 0.15) is 52.4 Å². The molecule has 0 aromatic rings. The lowest BCUT2D eigenvalue weighted by atomic mass is 9.79. The molecule has 0 heterocycles. The summed E-state index contributed by atoms with van der Waals surface area (Å²) >= 11 is 0. The van der Waals surface area contributed by atoms with Crippen LogP contribution in [0.4, 0.5) is 0 Å². The summed E-state index contributed by atoms with van der Waals surface area (Å²) in [5.74, 6) is -1.16. The molecule has 0 bridgehead atoms. The van der Waals surface area contributed by atoms with Gasteiger partial charge in [0, 0.05) is 20.0 Å². The third-order valence-electron chi connectivity index (χ3n) is 4.30. The van der Waals surface area contributed by atoms with Gasteiger partial charge in [0.25, 0.3) is 0 Å². The second kappa shape index (κ2) is 6.91. The normalized spacial score (nSPS) is 17.3.